The van der Waals surface area contributed by atoms with Gasteiger partial charge < -0.3 is 5.32 Å². The van der Waals surface area contributed by atoms with Gasteiger partial charge in [0.15, 0.2) is 0 Å². The van der Waals surface area contributed by atoms with E-state index in [1.807, 2.05) is 61.5 Å². The molecule has 1 saturated carbocycles. The number of hydrogen-bond donors (Lipinski definition) is 1. The molecule has 0 saturated heterocycles. The third-order valence-corrected chi connectivity index (χ3v) is 7.53. The van der Waals surface area contributed by atoms with Crippen LogP contribution in [0.15, 0.2) is 71.6 Å². The Labute approximate surface area is 157 Å². The molecule has 2 bridgehead atoms. The number of allylic oxidation sites excluding steroid dienone is 2. The zero-order valence-electron chi connectivity index (χ0n) is 14.0. The first-order valence-corrected chi connectivity index (χ1v) is 9.79. The average Bonchev–Trinajstić information content (AvgIpc) is 3.20. The van der Waals surface area contributed by atoms with Gasteiger partial charge in [-0.2, -0.15) is 0 Å². The molecule has 25 heavy (non-hydrogen) atoms. The van der Waals surface area contributed by atoms with Gasteiger partial charge in [-0.15, -0.1) is 23.4 Å². The van der Waals surface area contributed by atoms with Gasteiger partial charge in [-0.1, -0.05) is 48.0 Å². The van der Waals surface area contributed by atoms with Crippen LogP contribution in [0.2, 0.25) is 0 Å². The summed E-state index contributed by atoms with van der Waals surface area (Å²) in [5, 5.41) is 2.90. The maximum absolute atomic E-state index is 13.4. The van der Waals surface area contributed by atoms with Crippen molar-refractivity contribution in [3.05, 3.63) is 72.3 Å². The van der Waals surface area contributed by atoms with Crippen molar-refractivity contribution in [3.63, 3.8) is 0 Å². The van der Waals surface area contributed by atoms with Crippen molar-refractivity contribution in [1.29, 1.82) is 0 Å². The molecule has 0 aromatic heterocycles. The number of carbonyl (C=O) groups excluding carboxylic acids is 1. The lowest BCUT2D eigenvalue weighted by Crippen LogP contribution is -2.50. The Bertz CT molecular complexity index is 804. The van der Waals surface area contributed by atoms with E-state index in [0.29, 0.717) is 0 Å². The number of nitrogens with one attached hydrogen (secondary N) is 1. The summed E-state index contributed by atoms with van der Waals surface area (Å²) in [6.07, 6.45) is 5.30. The van der Waals surface area contributed by atoms with Crippen molar-refractivity contribution in [1.82, 2.24) is 0 Å². The monoisotopic (exact) mass is 369 g/mol. The van der Waals surface area contributed by atoms with E-state index in [1.165, 1.54) is 5.56 Å². The third kappa shape index (κ3) is 2.90. The molecule has 0 heterocycles. The minimum atomic E-state index is -0.673. The van der Waals surface area contributed by atoms with E-state index in [0.717, 1.165) is 17.0 Å². The first-order valence-electron chi connectivity index (χ1n) is 8.54. The first kappa shape index (κ1) is 16.7. The summed E-state index contributed by atoms with van der Waals surface area (Å²) in [7, 11) is 0. The van der Waals surface area contributed by atoms with Gasteiger partial charge in [0, 0.05) is 16.5 Å². The number of amides is 1. The number of fused-ring (bicyclic) bond motifs is 2. The summed E-state index contributed by atoms with van der Waals surface area (Å²) in [5.41, 5.74) is 1.99. The lowest BCUT2D eigenvalue weighted by Gasteiger charge is -2.37. The molecule has 1 fully saturated rings. The van der Waals surface area contributed by atoms with Crippen molar-refractivity contribution in [2.45, 2.75) is 28.4 Å². The van der Waals surface area contributed by atoms with E-state index in [2.05, 4.69) is 17.5 Å². The Morgan fingerprint density at radius 3 is 2.48 bits per heavy atom. The van der Waals surface area contributed by atoms with Gasteiger partial charge in [0.1, 0.15) is 4.75 Å². The highest BCUT2D eigenvalue weighted by Crippen LogP contribution is 2.58. The van der Waals surface area contributed by atoms with Crippen LogP contribution in [-0.4, -0.2) is 16.0 Å². The second-order valence-electron chi connectivity index (χ2n) is 6.82. The molecule has 128 valence electrons. The topological polar surface area (TPSA) is 29.1 Å². The summed E-state index contributed by atoms with van der Waals surface area (Å²) >= 11 is 8.44. The molecule has 4 heteroatoms. The highest BCUT2D eigenvalue weighted by molar-refractivity contribution is 8.01. The number of carbonyl (C=O) groups is 1. The van der Waals surface area contributed by atoms with Crippen molar-refractivity contribution in [2.75, 3.05) is 5.32 Å². The van der Waals surface area contributed by atoms with Crippen LogP contribution in [0.25, 0.3) is 0 Å². The minimum absolute atomic E-state index is 0.00190. The summed E-state index contributed by atoms with van der Waals surface area (Å²) in [6, 6.07) is 18.0. The standard InChI is InChI=1S/C21H20ClNOS/c1-14-7-11-17(12-8-14)23-20(24)21(25-18-5-3-2-4-6-18)16-10-9-15(13-16)19(21)22/h2-12,15-16,19H,13H2,1H3,(H,23,24)/t15-,16+,19-,21+/m0/s1. The zero-order valence-corrected chi connectivity index (χ0v) is 15.6. The number of anilines is 1. The van der Waals surface area contributed by atoms with Crippen molar-refractivity contribution >= 4 is 35.0 Å². The summed E-state index contributed by atoms with van der Waals surface area (Å²) in [4.78, 5) is 14.5. The van der Waals surface area contributed by atoms with Gasteiger partial charge in [0.2, 0.25) is 5.91 Å². The molecule has 0 radical (unpaired) electrons. The molecular weight excluding hydrogens is 350 g/mol. The fraction of sp³-hybridized carbons (Fsp3) is 0.286. The second-order valence-corrected chi connectivity index (χ2v) is 8.64. The largest absolute Gasteiger partial charge is 0.325 e. The van der Waals surface area contributed by atoms with Crippen molar-refractivity contribution in [3.8, 4) is 0 Å². The predicted octanol–water partition coefficient (Wildman–Crippen LogP) is 5.28. The molecule has 1 N–H and O–H groups in total. The van der Waals surface area contributed by atoms with E-state index in [-0.39, 0.29) is 23.1 Å². The van der Waals surface area contributed by atoms with E-state index in [1.54, 1.807) is 11.8 Å². The van der Waals surface area contributed by atoms with Gasteiger partial charge in [-0.25, -0.2) is 0 Å². The summed E-state index contributed by atoms with van der Waals surface area (Å²) in [5.74, 6) is 0.435. The molecule has 0 unspecified atom stereocenters. The average molecular weight is 370 g/mol. The summed E-state index contributed by atoms with van der Waals surface area (Å²) < 4.78 is -0.673. The molecule has 4 rings (SSSR count). The van der Waals surface area contributed by atoms with Crippen LogP contribution in [0.3, 0.4) is 0 Å². The van der Waals surface area contributed by atoms with E-state index in [9.17, 15) is 4.79 Å². The number of aryl methyl sites for hydroxylation is 1. The Morgan fingerprint density at radius 2 is 1.84 bits per heavy atom. The molecule has 4 atom stereocenters. The predicted molar refractivity (Wildman–Crippen MR) is 105 cm³/mol. The smallest absolute Gasteiger partial charge is 0.243 e. The van der Waals surface area contributed by atoms with Crippen molar-refractivity contribution in [2.24, 2.45) is 11.8 Å². The number of alkyl halides is 1. The van der Waals surface area contributed by atoms with Crippen LogP contribution in [0.5, 0.6) is 0 Å². The van der Waals surface area contributed by atoms with Gasteiger partial charge in [-0.05, 0) is 43.5 Å². The van der Waals surface area contributed by atoms with Crippen molar-refractivity contribution < 1.29 is 4.79 Å². The molecule has 0 spiro atoms. The van der Waals surface area contributed by atoms with Crippen LogP contribution in [-0.2, 0) is 4.79 Å². The molecule has 2 aliphatic rings. The highest BCUT2D eigenvalue weighted by Gasteiger charge is 2.60. The molecule has 2 aromatic rings. The van der Waals surface area contributed by atoms with Crippen LogP contribution in [0.1, 0.15) is 12.0 Å². The van der Waals surface area contributed by atoms with Crippen LogP contribution < -0.4 is 5.32 Å². The highest BCUT2D eigenvalue weighted by atomic mass is 35.5. The Morgan fingerprint density at radius 1 is 1.12 bits per heavy atom. The molecule has 1 amide bonds. The number of hydrogen-bond acceptors (Lipinski definition) is 2. The first-order chi connectivity index (χ1) is 12.1. The molecular formula is C21H20ClNOS. The van der Waals surface area contributed by atoms with E-state index < -0.39 is 4.75 Å². The summed E-state index contributed by atoms with van der Waals surface area (Å²) in [6.45, 7) is 2.04. The molecule has 2 aliphatic carbocycles. The second kappa shape index (κ2) is 6.54. The van der Waals surface area contributed by atoms with Crippen LogP contribution in [0, 0.1) is 18.8 Å². The number of halogens is 1. The quantitative estimate of drug-likeness (QED) is 0.587. The number of benzene rings is 2. The number of thioether (sulfide) groups is 1. The zero-order chi connectivity index (χ0) is 17.4. The minimum Gasteiger partial charge on any atom is -0.325 e. The fourth-order valence-corrected chi connectivity index (χ4v) is 5.83. The molecule has 2 nitrogen and oxygen atoms in total. The molecule has 2 aromatic carbocycles. The normalized spacial score (nSPS) is 29.8. The lowest BCUT2D eigenvalue weighted by molar-refractivity contribution is -0.118. The van der Waals surface area contributed by atoms with Gasteiger partial charge >= 0.3 is 0 Å². The van der Waals surface area contributed by atoms with Gasteiger partial charge in [-0.3, -0.25) is 4.79 Å². The fourth-order valence-electron chi connectivity index (χ4n) is 3.81. The Hall–Kier alpha value is -1.71. The molecule has 0 aliphatic heterocycles. The van der Waals surface area contributed by atoms with E-state index in [4.69, 9.17) is 11.6 Å². The Kier molecular flexibility index (Phi) is 4.38. The lowest BCUT2D eigenvalue weighted by atomic mass is 9.90. The van der Waals surface area contributed by atoms with Crippen LogP contribution >= 0.6 is 23.4 Å². The van der Waals surface area contributed by atoms with Gasteiger partial charge in [0.25, 0.3) is 0 Å². The number of rotatable bonds is 4. The third-order valence-electron chi connectivity index (χ3n) is 5.15. The van der Waals surface area contributed by atoms with E-state index >= 15 is 0 Å². The van der Waals surface area contributed by atoms with Gasteiger partial charge in [0.05, 0.1) is 5.38 Å². The SMILES string of the molecule is Cc1ccc(NC(=O)[C@@]2(Sc3ccccc3)[C@@H]3C=C[C@@H](C3)[C@@H]2Cl)cc1. The van der Waals surface area contributed by atoms with Crippen LogP contribution in [0.4, 0.5) is 5.69 Å². The maximum Gasteiger partial charge on any atom is 0.243 e. The Balaban J connectivity index is 1.67. The maximum atomic E-state index is 13.4.